The highest BCUT2D eigenvalue weighted by Gasteiger charge is 2.34. The number of nitrogens with zero attached hydrogens (tertiary/aromatic N) is 3. The maximum atomic E-state index is 13.4. The van der Waals surface area contributed by atoms with Gasteiger partial charge in [0.2, 0.25) is 11.8 Å². The number of carbonyl (C=O) groups is 3. The van der Waals surface area contributed by atoms with E-state index in [9.17, 15) is 28.7 Å². The highest BCUT2D eigenvalue weighted by atomic mass is 19.1. The summed E-state index contributed by atoms with van der Waals surface area (Å²) in [6.45, 7) is 1.62. The van der Waals surface area contributed by atoms with Crippen molar-refractivity contribution in [1.82, 2.24) is 9.78 Å². The van der Waals surface area contributed by atoms with Crippen LogP contribution in [-0.4, -0.2) is 32.7 Å². The second-order valence-corrected chi connectivity index (χ2v) is 8.18. The molecule has 1 aliphatic rings. The second kappa shape index (κ2) is 8.98. The van der Waals surface area contributed by atoms with Crippen LogP contribution in [0.3, 0.4) is 0 Å². The fourth-order valence-corrected chi connectivity index (χ4v) is 4.17. The number of halogens is 1. The summed E-state index contributed by atoms with van der Waals surface area (Å²) in [5.41, 5.74) is 6.62. The van der Waals surface area contributed by atoms with Crippen molar-refractivity contribution in [2.24, 2.45) is 12.8 Å². The van der Waals surface area contributed by atoms with Gasteiger partial charge in [0, 0.05) is 42.9 Å². The number of rotatable bonds is 5. The van der Waals surface area contributed by atoms with E-state index in [4.69, 9.17) is 5.73 Å². The van der Waals surface area contributed by atoms with Gasteiger partial charge in [0.15, 0.2) is 0 Å². The Hall–Kier alpha value is -4.60. The predicted molar refractivity (Wildman–Crippen MR) is 125 cm³/mol. The molecule has 35 heavy (non-hydrogen) atoms. The highest BCUT2D eigenvalue weighted by Crippen LogP contribution is 2.39. The van der Waals surface area contributed by atoms with Crippen LogP contribution in [0.5, 0.6) is 0 Å². The highest BCUT2D eigenvalue weighted by molar-refractivity contribution is 6.06. The molecule has 3 N–H and O–H groups in total. The standard InChI is InChI=1S/C25H21FN4O5/c1-13-9-21(19(10-17(13)23(27)32)16-7-8-28-29(2)24(16)33)30-12-20(25(34)35)18(11-22(30)31)14-3-5-15(26)6-4-14/h3-10,12,18H,11H2,1-2H3,(H2,27,32)(H,34,35)/t18-/m0/s1. The van der Waals surface area contributed by atoms with Crippen molar-refractivity contribution in [3.05, 3.63) is 93.3 Å². The number of carboxylic acids is 1. The summed E-state index contributed by atoms with van der Waals surface area (Å²) in [6.07, 6.45) is 2.40. The van der Waals surface area contributed by atoms with E-state index in [1.54, 1.807) is 6.92 Å². The Balaban J connectivity index is 1.94. The Kier molecular flexibility index (Phi) is 6.04. The lowest BCUT2D eigenvalue weighted by molar-refractivity contribution is -0.133. The molecule has 10 heteroatoms. The van der Waals surface area contributed by atoms with Gasteiger partial charge in [-0.3, -0.25) is 19.3 Å². The number of anilines is 1. The molecule has 1 aliphatic heterocycles. The van der Waals surface area contributed by atoms with E-state index >= 15 is 0 Å². The molecule has 0 aliphatic carbocycles. The number of hydrogen-bond acceptors (Lipinski definition) is 5. The molecule has 0 saturated heterocycles. The van der Waals surface area contributed by atoms with Gasteiger partial charge in [0.1, 0.15) is 5.82 Å². The molecular formula is C25H21FN4O5. The normalized spacial score (nSPS) is 15.6. The van der Waals surface area contributed by atoms with Crippen molar-refractivity contribution in [3.8, 4) is 11.1 Å². The molecule has 3 aromatic rings. The largest absolute Gasteiger partial charge is 0.478 e. The molecule has 2 amide bonds. The van der Waals surface area contributed by atoms with Crippen LogP contribution in [0, 0.1) is 12.7 Å². The van der Waals surface area contributed by atoms with E-state index in [0.29, 0.717) is 11.1 Å². The van der Waals surface area contributed by atoms with Gasteiger partial charge in [-0.2, -0.15) is 5.10 Å². The number of carbonyl (C=O) groups excluding carboxylic acids is 2. The average molecular weight is 476 g/mol. The fourth-order valence-electron chi connectivity index (χ4n) is 4.17. The topological polar surface area (TPSA) is 136 Å². The van der Waals surface area contributed by atoms with Crippen LogP contribution < -0.4 is 16.2 Å². The summed E-state index contributed by atoms with van der Waals surface area (Å²) in [4.78, 5) is 51.5. The van der Waals surface area contributed by atoms with E-state index in [-0.39, 0.29) is 34.4 Å². The third-order valence-corrected chi connectivity index (χ3v) is 5.97. The zero-order valence-corrected chi connectivity index (χ0v) is 18.9. The number of carboxylic acid groups (broad SMARTS) is 1. The summed E-state index contributed by atoms with van der Waals surface area (Å²) < 4.78 is 14.5. The second-order valence-electron chi connectivity index (χ2n) is 8.18. The number of aliphatic carboxylic acids is 1. The lowest BCUT2D eigenvalue weighted by atomic mass is 9.85. The maximum Gasteiger partial charge on any atom is 0.333 e. The molecule has 4 rings (SSSR count). The first-order chi connectivity index (χ1) is 16.6. The molecule has 0 bridgehead atoms. The molecule has 2 aromatic carbocycles. The minimum Gasteiger partial charge on any atom is -0.478 e. The molecule has 0 unspecified atom stereocenters. The van der Waals surface area contributed by atoms with E-state index < -0.39 is 35.1 Å². The van der Waals surface area contributed by atoms with Crippen molar-refractivity contribution in [2.45, 2.75) is 19.3 Å². The molecular weight excluding hydrogens is 455 g/mol. The van der Waals surface area contributed by atoms with Gasteiger partial charge in [-0.1, -0.05) is 12.1 Å². The number of primary amides is 1. The van der Waals surface area contributed by atoms with Gasteiger partial charge in [0.25, 0.3) is 5.56 Å². The predicted octanol–water partition coefficient (Wildman–Crippen LogP) is 2.48. The Morgan fingerprint density at radius 2 is 1.80 bits per heavy atom. The molecule has 2 heterocycles. The molecule has 9 nitrogen and oxygen atoms in total. The molecule has 178 valence electrons. The van der Waals surface area contributed by atoms with E-state index in [0.717, 1.165) is 9.58 Å². The summed E-state index contributed by atoms with van der Waals surface area (Å²) in [7, 11) is 1.45. The molecule has 0 saturated carbocycles. The number of nitrogens with two attached hydrogens (primary N) is 1. The minimum atomic E-state index is -1.25. The Morgan fingerprint density at radius 1 is 1.11 bits per heavy atom. The number of amides is 2. The first-order valence-corrected chi connectivity index (χ1v) is 10.6. The number of aryl methyl sites for hydroxylation is 2. The van der Waals surface area contributed by atoms with Gasteiger partial charge in [-0.05, 0) is 48.4 Å². The SMILES string of the molecule is Cc1cc(N2C=C(C(=O)O)[C@H](c3ccc(F)cc3)CC2=O)c(-c2ccnn(C)c2=O)cc1C(N)=O. The van der Waals surface area contributed by atoms with Crippen LogP contribution in [0.1, 0.15) is 33.8 Å². The van der Waals surface area contributed by atoms with E-state index in [2.05, 4.69) is 5.10 Å². The zero-order valence-electron chi connectivity index (χ0n) is 18.9. The molecule has 0 radical (unpaired) electrons. The van der Waals surface area contributed by atoms with Gasteiger partial charge in [-0.25, -0.2) is 13.9 Å². The van der Waals surface area contributed by atoms with Crippen LogP contribution in [0.2, 0.25) is 0 Å². The fraction of sp³-hybridized carbons (Fsp3) is 0.160. The number of benzene rings is 2. The van der Waals surface area contributed by atoms with Crippen LogP contribution in [0.4, 0.5) is 10.1 Å². The number of hydrogen-bond donors (Lipinski definition) is 2. The lowest BCUT2D eigenvalue weighted by Crippen LogP contribution is -2.35. The molecule has 1 aromatic heterocycles. The van der Waals surface area contributed by atoms with Crippen molar-refractivity contribution in [2.75, 3.05) is 4.90 Å². The summed E-state index contributed by atoms with van der Waals surface area (Å²) in [6, 6.07) is 9.66. The molecule has 1 atom stereocenters. The van der Waals surface area contributed by atoms with Crippen molar-refractivity contribution >= 4 is 23.5 Å². The first kappa shape index (κ1) is 23.6. The Bertz CT molecular complexity index is 1460. The van der Waals surface area contributed by atoms with Crippen molar-refractivity contribution in [1.29, 1.82) is 0 Å². The molecule has 0 spiro atoms. The van der Waals surface area contributed by atoms with Gasteiger partial charge in [0.05, 0.1) is 16.8 Å². The average Bonchev–Trinajstić information content (AvgIpc) is 2.81. The summed E-state index contributed by atoms with van der Waals surface area (Å²) >= 11 is 0. The van der Waals surface area contributed by atoms with Crippen LogP contribution in [0.15, 0.2) is 65.2 Å². The van der Waals surface area contributed by atoms with Crippen molar-refractivity contribution < 1.29 is 23.9 Å². The van der Waals surface area contributed by atoms with Gasteiger partial charge in [-0.15, -0.1) is 0 Å². The van der Waals surface area contributed by atoms with E-state index in [1.807, 2.05) is 0 Å². The zero-order chi connectivity index (χ0) is 25.4. The minimum absolute atomic E-state index is 0.0820. The Labute approximate surface area is 198 Å². The summed E-state index contributed by atoms with van der Waals surface area (Å²) in [5.74, 6) is -3.68. The monoisotopic (exact) mass is 476 g/mol. The maximum absolute atomic E-state index is 13.4. The third kappa shape index (κ3) is 4.33. The van der Waals surface area contributed by atoms with Gasteiger partial charge < -0.3 is 10.8 Å². The third-order valence-electron chi connectivity index (χ3n) is 5.97. The smallest absolute Gasteiger partial charge is 0.333 e. The quantitative estimate of drug-likeness (QED) is 0.581. The van der Waals surface area contributed by atoms with Crippen LogP contribution in [-0.2, 0) is 16.6 Å². The lowest BCUT2D eigenvalue weighted by Gasteiger charge is -2.31. The summed E-state index contributed by atoms with van der Waals surface area (Å²) in [5, 5.41) is 13.8. The first-order valence-electron chi connectivity index (χ1n) is 10.6. The van der Waals surface area contributed by atoms with Crippen LogP contribution >= 0.6 is 0 Å². The molecule has 0 fully saturated rings. The van der Waals surface area contributed by atoms with Crippen molar-refractivity contribution in [3.63, 3.8) is 0 Å². The van der Waals surface area contributed by atoms with Crippen LogP contribution in [0.25, 0.3) is 11.1 Å². The Morgan fingerprint density at radius 3 is 2.43 bits per heavy atom. The van der Waals surface area contributed by atoms with Gasteiger partial charge >= 0.3 is 5.97 Å². The van der Waals surface area contributed by atoms with E-state index in [1.165, 1.54) is 61.9 Å². The number of aromatic nitrogens is 2.